The van der Waals surface area contributed by atoms with Crippen LogP contribution in [-0.2, 0) is 4.79 Å². The van der Waals surface area contributed by atoms with Crippen molar-refractivity contribution in [3.05, 3.63) is 35.5 Å². The van der Waals surface area contributed by atoms with Crippen LogP contribution in [0.3, 0.4) is 0 Å². The van der Waals surface area contributed by atoms with Gasteiger partial charge in [0.25, 0.3) is 0 Å². The first-order chi connectivity index (χ1) is 8.63. The van der Waals surface area contributed by atoms with Crippen molar-refractivity contribution in [2.75, 3.05) is 12.4 Å². The number of benzene rings is 1. The molecule has 1 aromatic carbocycles. The smallest absolute Gasteiger partial charge is 0.241 e. The average Bonchev–Trinajstić information content (AvgIpc) is 2.41. The number of amides is 1. The third-order valence-electron chi connectivity index (χ3n) is 2.73. The minimum absolute atomic E-state index is 0.0750. The quantitative estimate of drug-likeness (QED) is 0.894. The zero-order valence-corrected chi connectivity index (χ0v) is 11.0. The molecule has 4 nitrogen and oxygen atoms in total. The number of hydrogen-bond donors (Lipinski definition) is 2. The van der Waals surface area contributed by atoms with Crippen molar-refractivity contribution in [3.8, 4) is 0 Å². The normalized spacial score (nSPS) is 12.2. The molecule has 0 radical (unpaired) electrons. The molecule has 1 unspecified atom stereocenters. The Morgan fingerprint density at radius 3 is 2.89 bits per heavy atom. The van der Waals surface area contributed by atoms with Gasteiger partial charge in [-0.1, -0.05) is 11.6 Å². The summed E-state index contributed by atoms with van der Waals surface area (Å²) in [5, 5.41) is 7.24. The Hall–Kier alpha value is -1.81. The number of fused-ring (bicyclic) bond motifs is 1. The Balaban J connectivity index is 2.40. The number of hydrogen-bond acceptors (Lipinski definition) is 3. The molecular weight excluding hydrogens is 250 g/mol. The zero-order chi connectivity index (χ0) is 13.1. The van der Waals surface area contributed by atoms with Crippen molar-refractivity contribution >= 4 is 34.1 Å². The lowest BCUT2D eigenvalue weighted by atomic mass is 10.1. The molecule has 94 valence electrons. The van der Waals surface area contributed by atoms with Crippen LogP contribution in [0.4, 0.5) is 5.69 Å². The fourth-order valence-electron chi connectivity index (χ4n) is 1.77. The highest BCUT2D eigenvalue weighted by molar-refractivity contribution is 6.35. The number of carbonyl (C=O) groups excluding carboxylic acids is 1. The Morgan fingerprint density at radius 2 is 2.17 bits per heavy atom. The van der Waals surface area contributed by atoms with E-state index in [1.165, 1.54) is 0 Å². The number of nitrogens with one attached hydrogen (secondary N) is 2. The van der Waals surface area contributed by atoms with E-state index in [9.17, 15) is 4.79 Å². The lowest BCUT2D eigenvalue weighted by Crippen LogP contribution is -2.35. The number of halogens is 1. The molecule has 2 aromatic rings. The van der Waals surface area contributed by atoms with Gasteiger partial charge in [-0.3, -0.25) is 9.78 Å². The van der Waals surface area contributed by atoms with Gasteiger partial charge in [-0.25, -0.2) is 0 Å². The molecule has 2 rings (SSSR count). The van der Waals surface area contributed by atoms with Crippen LogP contribution in [0.2, 0.25) is 5.02 Å². The Kier molecular flexibility index (Phi) is 3.67. The van der Waals surface area contributed by atoms with Gasteiger partial charge in [0, 0.05) is 18.6 Å². The summed E-state index contributed by atoms with van der Waals surface area (Å²) in [6, 6.07) is 7.03. The second-order valence-electron chi connectivity index (χ2n) is 3.97. The lowest BCUT2D eigenvalue weighted by Gasteiger charge is -2.15. The summed E-state index contributed by atoms with van der Waals surface area (Å²) >= 11 is 6.11. The van der Waals surface area contributed by atoms with Crippen LogP contribution in [0.15, 0.2) is 30.5 Å². The van der Waals surface area contributed by atoms with Crippen LogP contribution < -0.4 is 10.6 Å². The monoisotopic (exact) mass is 263 g/mol. The molecule has 0 aliphatic heterocycles. The molecular formula is C13H14ClN3O. The second kappa shape index (κ2) is 5.23. The fraction of sp³-hybridized carbons (Fsp3) is 0.231. The van der Waals surface area contributed by atoms with Crippen LogP contribution in [0.1, 0.15) is 6.92 Å². The highest BCUT2D eigenvalue weighted by atomic mass is 35.5. The summed E-state index contributed by atoms with van der Waals surface area (Å²) in [5.74, 6) is -0.0750. The SMILES string of the molecule is CNC(=O)C(C)Nc1ccc(Cl)c2cccnc12. The molecule has 5 heteroatoms. The van der Waals surface area contributed by atoms with Crippen LogP contribution >= 0.6 is 11.6 Å². The molecule has 2 N–H and O–H groups in total. The molecule has 0 fully saturated rings. The summed E-state index contributed by atoms with van der Waals surface area (Å²) in [6.07, 6.45) is 1.70. The third-order valence-corrected chi connectivity index (χ3v) is 3.06. The number of nitrogens with zero attached hydrogens (tertiary/aromatic N) is 1. The van der Waals surface area contributed by atoms with Crippen LogP contribution in [0.5, 0.6) is 0 Å². The number of carbonyl (C=O) groups is 1. The van der Waals surface area contributed by atoms with E-state index in [2.05, 4.69) is 15.6 Å². The molecule has 1 atom stereocenters. The van der Waals surface area contributed by atoms with Crippen molar-refractivity contribution in [2.45, 2.75) is 13.0 Å². The minimum atomic E-state index is -0.332. The summed E-state index contributed by atoms with van der Waals surface area (Å²) in [4.78, 5) is 15.8. The first-order valence-corrected chi connectivity index (χ1v) is 6.02. The standard InChI is InChI=1S/C13H14ClN3O/c1-8(13(18)15-2)17-11-6-5-10(14)9-4-3-7-16-12(9)11/h3-8,17H,1-2H3,(H,15,18). The zero-order valence-electron chi connectivity index (χ0n) is 10.2. The van der Waals surface area contributed by atoms with E-state index in [0.29, 0.717) is 5.02 Å². The first-order valence-electron chi connectivity index (χ1n) is 5.65. The molecule has 1 heterocycles. The van der Waals surface area contributed by atoms with Gasteiger partial charge in [-0.15, -0.1) is 0 Å². The molecule has 0 saturated heterocycles. The number of anilines is 1. The van der Waals surface area contributed by atoms with E-state index < -0.39 is 0 Å². The van der Waals surface area contributed by atoms with Crippen molar-refractivity contribution in [1.82, 2.24) is 10.3 Å². The fourth-order valence-corrected chi connectivity index (χ4v) is 1.99. The molecule has 1 aromatic heterocycles. The highest BCUT2D eigenvalue weighted by Gasteiger charge is 2.13. The van der Waals surface area contributed by atoms with Gasteiger partial charge in [0.15, 0.2) is 0 Å². The molecule has 0 spiro atoms. The number of pyridine rings is 1. The predicted molar refractivity (Wildman–Crippen MR) is 73.9 cm³/mol. The molecule has 18 heavy (non-hydrogen) atoms. The minimum Gasteiger partial charge on any atom is -0.372 e. The lowest BCUT2D eigenvalue weighted by molar-refractivity contribution is -0.121. The van der Waals surface area contributed by atoms with E-state index in [4.69, 9.17) is 11.6 Å². The summed E-state index contributed by atoms with van der Waals surface area (Å²) in [6.45, 7) is 1.79. The van der Waals surface area contributed by atoms with Crippen LogP contribution in [0.25, 0.3) is 10.9 Å². The summed E-state index contributed by atoms with van der Waals surface area (Å²) in [5.41, 5.74) is 1.56. The number of rotatable bonds is 3. The van der Waals surface area contributed by atoms with E-state index in [1.807, 2.05) is 18.2 Å². The van der Waals surface area contributed by atoms with E-state index in [-0.39, 0.29) is 11.9 Å². The summed E-state index contributed by atoms with van der Waals surface area (Å²) < 4.78 is 0. The predicted octanol–water partition coefficient (Wildman–Crippen LogP) is 2.43. The number of likely N-dealkylation sites (N-methyl/N-ethyl adjacent to an activating group) is 1. The average molecular weight is 264 g/mol. The van der Waals surface area contributed by atoms with Crippen molar-refractivity contribution in [2.24, 2.45) is 0 Å². The first kappa shape index (κ1) is 12.6. The van der Waals surface area contributed by atoms with Gasteiger partial charge in [0.05, 0.1) is 16.2 Å². The van der Waals surface area contributed by atoms with Gasteiger partial charge >= 0.3 is 0 Å². The number of aromatic nitrogens is 1. The third kappa shape index (κ3) is 2.38. The Bertz CT molecular complexity index is 585. The molecule has 0 aliphatic rings. The maximum Gasteiger partial charge on any atom is 0.241 e. The summed E-state index contributed by atoms with van der Waals surface area (Å²) in [7, 11) is 1.61. The van der Waals surface area contributed by atoms with Crippen molar-refractivity contribution in [3.63, 3.8) is 0 Å². The van der Waals surface area contributed by atoms with Crippen LogP contribution in [-0.4, -0.2) is 24.0 Å². The van der Waals surface area contributed by atoms with Crippen molar-refractivity contribution in [1.29, 1.82) is 0 Å². The van der Waals surface area contributed by atoms with Gasteiger partial charge in [-0.05, 0) is 31.2 Å². The van der Waals surface area contributed by atoms with E-state index in [1.54, 1.807) is 26.2 Å². The maximum atomic E-state index is 11.5. The van der Waals surface area contributed by atoms with E-state index >= 15 is 0 Å². The van der Waals surface area contributed by atoms with Gasteiger partial charge in [0.1, 0.15) is 6.04 Å². The van der Waals surface area contributed by atoms with E-state index in [0.717, 1.165) is 16.6 Å². The van der Waals surface area contributed by atoms with Gasteiger partial charge in [0.2, 0.25) is 5.91 Å². The largest absolute Gasteiger partial charge is 0.372 e. The van der Waals surface area contributed by atoms with Crippen LogP contribution in [0, 0.1) is 0 Å². The molecule has 0 aliphatic carbocycles. The molecule has 0 saturated carbocycles. The molecule has 0 bridgehead atoms. The topological polar surface area (TPSA) is 54.0 Å². The highest BCUT2D eigenvalue weighted by Crippen LogP contribution is 2.28. The molecule has 1 amide bonds. The second-order valence-corrected chi connectivity index (χ2v) is 4.38. The Morgan fingerprint density at radius 1 is 1.39 bits per heavy atom. The Labute approximate surface area is 110 Å². The van der Waals surface area contributed by atoms with Gasteiger partial charge in [-0.2, -0.15) is 0 Å². The maximum absolute atomic E-state index is 11.5. The van der Waals surface area contributed by atoms with Crippen molar-refractivity contribution < 1.29 is 4.79 Å². The van der Waals surface area contributed by atoms with Gasteiger partial charge < -0.3 is 10.6 Å².